The third-order valence-corrected chi connectivity index (χ3v) is 3.87. The number of carbonyl (C=O) groups excluding carboxylic acids is 1. The van der Waals surface area contributed by atoms with Crippen LogP contribution in [0.4, 0.5) is 0 Å². The molecule has 0 amide bonds. The second-order valence-electron chi connectivity index (χ2n) is 5.34. The Balaban J connectivity index is 2.28. The van der Waals surface area contributed by atoms with Gasteiger partial charge in [-0.25, -0.2) is 0 Å². The van der Waals surface area contributed by atoms with Crippen LogP contribution >= 0.6 is 0 Å². The number of ether oxygens (including phenoxy) is 1. The van der Waals surface area contributed by atoms with Crippen molar-refractivity contribution in [3.63, 3.8) is 0 Å². The highest BCUT2D eigenvalue weighted by Gasteiger charge is 2.38. The molecule has 96 valence electrons. The fourth-order valence-electron chi connectivity index (χ4n) is 2.80. The second-order valence-corrected chi connectivity index (χ2v) is 5.34. The van der Waals surface area contributed by atoms with Gasteiger partial charge in [0.15, 0.2) is 0 Å². The van der Waals surface area contributed by atoms with Crippen LogP contribution < -0.4 is 0 Å². The highest BCUT2D eigenvalue weighted by molar-refractivity contribution is 5.66. The molecule has 0 unspecified atom stereocenters. The lowest BCUT2D eigenvalue weighted by atomic mass is 9.78. The van der Waals surface area contributed by atoms with Crippen LogP contribution in [-0.4, -0.2) is 12.6 Å². The van der Waals surface area contributed by atoms with Crippen LogP contribution in [0.5, 0.6) is 0 Å². The number of benzene rings is 1. The summed E-state index contributed by atoms with van der Waals surface area (Å²) in [6.07, 6.45) is 1.96. The van der Waals surface area contributed by atoms with Gasteiger partial charge < -0.3 is 4.74 Å². The zero-order valence-electron chi connectivity index (χ0n) is 11.3. The lowest BCUT2D eigenvalue weighted by Gasteiger charge is -2.29. The van der Waals surface area contributed by atoms with Crippen LogP contribution in [0, 0.1) is 0 Å². The van der Waals surface area contributed by atoms with E-state index in [0.717, 1.165) is 12.8 Å². The van der Waals surface area contributed by atoms with Crippen LogP contribution in [-0.2, 0) is 14.9 Å². The van der Waals surface area contributed by atoms with Crippen LogP contribution in [0.15, 0.2) is 41.5 Å². The standard InChI is InChI=1S/C16H20O2/c1-12-9-16(10-13(12)2,11-18-14(3)17)15-7-5-4-6-8-15/h4-8H,9-11H2,1-3H3. The molecular formula is C16H20O2. The van der Waals surface area contributed by atoms with Gasteiger partial charge in [-0.15, -0.1) is 0 Å². The third kappa shape index (κ3) is 2.47. The summed E-state index contributed by atoms with van der Waals surface area (Å²) in [4.78, 5) is 11.1. The number of rotatable bonds is 3. The van der Waals surface area contributed by atoms with E-state index >= 15 is 0 Å². The van der Waals surface area contributed by atoms with Crippen LogP contribution in [0.3, 0.4) is 0 Å². The summed E-state index contributed by atoms with van der Waals surface area (Å²) in [5.41, 5.74) is 4.06. The molecule has 0 spiro atoms. The molecule has 0 radical (unpaired) electrons. The molecule has 18 heavy (non-hydrogen) atoms. The fraction of sp³-hybridized carbons (Fsp3) is 0.438. The van der Waals surface area contributed by atoms with E-state index in [0.29, 0.717) is 6.61 Å². The molecule has 0 atom stereocenters. The van der Waals surface area contributed by atoms with Gasteiger partial charge in [-0.05, 0) is 32.3 Å². The summed E-state index contributed by atoms with van der Waals surface area (Å²) < 4.78 is 5.31. The Morgan fingerprint density at radius 1 is 1.17 bits per heavy atom. The first-order valence-corrected chi connectivity index (χ1v) is 6.38. The number of carbonyl (C=O) groups is 1. The van der Waals surface area contributed by atoms with Gasteiger partial charge in [0.25, 0.3) is 0 Å². The van der Waals surface area contributed by atoms with Crippen molar-refractivity contribution in [1.82, 2.24) is 0 Å². The normalized spacial score (nSPS) is 17.9. The zero-order chi connectivity index (χ0) is 13.2. The van der Waals surface area contributed by atoms with E-state index < -0.39 is 0 Å². The summed E-state index contributed by atoms with van der Waals surface area (Å²) in [5, 5.41) is 0. The highest BCUT2D eigenvalue weighted by Crippen LogP contribution is 2.44. The van der Waals surface area contributed by atoms with Crippen molar-refractivity contribution in [2.45, 2.75) is 39.0 Å². The lowest BCUT2D eigenvalue weighted by molar-refractivity contribution is -0.142. The smallest absolute Gasteiger partial charge is 0.302 e. The number of hydrogen-bond acceptors (Lipinski definition) is 2. The van der Waals surface area contributed by atoms with Crippen molar-refractivity contribution < 1.29 is 9.53 Å². The molecule has 2 nitrogen and oxygen atoms in total. The van der Waals surface area contributed by atoms with Gasteiger partial charge in [-0.2, -0.15) is 0 Å². The molecule has 0 saturated heterocycles. The van der Waals surface area contributed by atoms with Crippen molar-refractivity contribution in [1.29, 1.82) is 0 Å². The fourth-order valence-corrected chi connectivity index (χ4v) is 2.80. The molecule has 1 aliphatic carbocycles. The zero-order valence-corrected chi connectivity index (χ0v) is 11.3. The largest absolute Gasteiger partial charge is 0.465 e. The van der Waals surface area contributed by atoms with Crippen LogP contribution in [0.1, 0.15) is 39.2 Å². The van der Waals surface area contributed by atoms with Crippen LogP contribution in [0.2, 0.25) is 0 Å². The number of allylic oxidation sites excluding steroid dienone is 2. The molecule has 0 saturated carbocycles. The predicted octanol–water partition coefficient (Wildman–Crippen LogP) is 3.62. The molecule has 0 heterocycles. The molecule has 0 aliphatic heterocycles. The van der Waals surface area contributed by atoms with Gasteiger partial charge in [0, 0.05) is 12.3 Å². The quantitative estimate of drug-likeness (QED) is 0.599. The van der Waals surface area contributed by atoms with E-state index in [1.807, 2.05) is 18.2 Å². The number of esters is 1. The maximum absolute atomic E-state index is 11.1. The minimum atomic E-state index is -0.201. The Labute approximate surface area is 109 Å². The summed E-state index contributed by atoms with van der Waals surface area (Å²) in [7, 11) is 0. The molecule has 2 heteroatoms. The van der Waals surface area contributed by atoms with Crippen molar-refractivity contribution in [3.8, 4) is 0 Å². The maximum atomic E-state index is 11.1. The highest BCUT2D eigenvalue weighted by atomic mass is 16.5. The average molecular weight is 244 g/mol. The molecule has 1 aliphatic rings. The van der Waals surface area contributed by atoms with Gasteiger partial charge in [-0.1, -0.05) is 41.5 Å². The van der Waals surface area contributed by atoms with Crippen molar-refractivity contribution >= 4 is 5.97 Å². The van der Waals surface area contributed by atoms with Gasteiger partial charge in [0.1, 0.15) is 6.61 Å². The van der Waals surface area contributed by atoms with Gasteiger partial charge in [0.2, 0.25) is 0 Å². The summed E-state index contributed by atoms with van der Waals surface area (Å²) in [6.45, 7) is 6.30. The SMILES string of the molecule is CC(=O)OCC1(c2ccccc2)CC(C)=C(C)C1. The molecule has 0 bridgehead atoms. The topological polar surface area (TPSA) is 26.3 Å². The second kappa shape index (κ2) is 4.97. The molecule has 1 aromatic rings. The average Bonchev–Trinajstić information content (AvgIpc) is 2.65. The lowest BCUT2D eigenvalue weighted by Crippen LogP contribution is -2.30. The first-order chi connectivity index (χ1) is 8.53. The summed E-state index contributed by atoms with van der Waals surface area (Å²) in [6, 6.07) is 10.4. The van der Waals surface area contributed by atoms with Gasteiger partial charge in [-0.3, -0.25) is 4.79 Å². The Kier molecular flexibility index (Phi) is 3.55. The first kappa shape index (κ1) is 12.9. The monoisotopic (exact) mass is 244 g/mol. The Hall–Kier alpha value is -1.57. The van der Waals surface area contributed by atoms with Gasteiger partial charge >= 0.3 is 5.97 Å². The summed E-state index contributed by atoms with van der Waals surface area (Å²) in [5.74, 6) is -0.201. The Morgan fingerprint density at radius 3 is 2.22 bits per heavy atom. The minimum absolute atomic E-state index is 0.0545. The van der Waals surface area contributed by atoms with E-state index in [1.54, 1.807) is 0 Å². The van der Waals surface area contributed by atoms with E-state index in [2.05, 4.69) is 26.0 Å². The first-order valence-electron chi connectivity index (χ1n) is 6.38. The molecule has 1 aromatic carbocycles. The Morgan fingerprint density at radius 2 is 1.72 bits per heavy atom. The molecule has 0 fully saturated rings. The third-order valence-electron chi connectivity index (χ3n) is 3.87. The predicted molar refractivity (Wildman–Crippen MR) is 72.4 cm³/mol. The van der Waals surface area contributed by atoms with Gasteiger partial charge in [0.05, 0.1) is 0 Å². The van der Waals surface area contributed by atoms with E-state index in [-0.39, 0.29) is 11.4 Å². The van der Waals surface area contributed by atoms with Crippen molar-refractivity contribution in [3.05, 3.63) is 47.0 Å². The maximum Gasteiger partial charge on any atom is 0.302 e. The number of hydrogen-bond donors (Lipinski definition) is 0. The molecule has 0 aromatic heterocycles. The molecule has 2 rings (SSSR count). The van der Waals surface area contributed by atoms with E-state index in [9.17, 15) is 4.79 Å². The van der Waals surface area contributed by atoms with Crippen molar-refractivity contribution in [2.24, 2.45) is 0 Å². The minimum Gasteiger partial charge on any atom is -0.465 e. The molecule has 0 N–H and O–H groups in total. The van der Waals surface area contributed by atoms with E-state index in [1.165, 1.54) is 23.6 Å². The summed E-state index contributed by atoms with van der Waals surface area (Å²) >= 11 is 0. The van der Waals surface area contributed by atoms with Crippen LogP contribution in [0.25, 0.3) is 0 Å². The molecular weight excluding hydrogens is 224 g/mol. The van der Waals surface area contributed by atoms with Crippen molar-refractivity contribution in [2.75, 3.05) is 6.61 Å². The Bertz CT molecular complexity index is 457. The van der Waals surface area contributed by atoms with E-state index in [4.69, 9.17) is 4.74 Å².